The van der Waals surface area contributed by atoms with Gasteiger partial charge in [-0.25, -0.2) is 0 Å². The molecule has 2 aliphatic carbocycles. The monoisotopic (exact) mass is 186 g/mol. The standard InChI is InChI=1S/C14H18/c1-10-6-8-11(9-7-10)14-12-4-2-3-5-13(12)14/h6-9,12-14H,2-5H2,1H3/t12-,13+,14?. The van der Waals surface area contributed by atoms with E-state index < -0.39 is 0 Å². The van der Waals surface area contributed by atoms with E-state index in [-0.39, 0.29) is 0 Å². The van der Waals surface area contributed by atoms with Crippen molar-refractivity contribution in [2.75, 3.05) is 0 Å². The van der Waals surface area contributed by atoms with E-state index >= 15 is 0 Å². The molecule has 0 aliphatic heterocycles. The molecule has 0 heteroatoms. The van der Waals surface area contributed by atoms with Crippen LogP contribution in [0.2, 0.25) is 0 Å². The Balaban J connectivity index is 1.81. The molecule has 1 unspecified atom stereocenters. The van der Waals surface area contributed by atoms with Gasteiger partial charge in [0, 0.05) is 0 Å². The van der Waals surface area contributed by atoms with Crippen LogP contribution in [0.25, 0.3) is 0 Å². The number of fused-ring (bicyclic) bond motifs is 1. The number of benzene rings is 1. The van der Waals surface area contributed by atoms with Crippen molar-refractivity contribution in [1.29, 1.82) is 0 Å². The Morgan fingerprint density at radius 1 is 0.929 bits per heavy atom. The number of hydrogen-bond acceptors (Lipinski definition) is 0. The Morgan fingerprint density at radius 3 is 2.07 bits per heavy atom. The molecule has 0 radical (unpaired) electrons. The van der Waals surface area contributed by atoms with Crippen molar-refractivity contribution in [2.45, 2.75) is 38.5 Å². The predicted molar refractivity (Wildman–Crippen MR) is 59.4 cm³/mol. The third kappa shape index (κ3) is 1.28. The highest BCUT2D eigenvalue weighted by Gasteiger charge is 2.50. The lowest BCUT2D eigenvalue weighted by molar-refractivity contribution is 0.480. The largest absolute Gasteiger partial charge is 0.0590 e. The maximum absolute atomic E-state index is 2.35. The molecule has 74 valence electrons. The SMILES string of the molecule is Cc1ccc(C2[C@H]3CCCC[C@@H]23)cc1. The fourth-order valence-corrected chi connectivity index (χ4v) is 3.28. The van der Waals surface area contributed by atoms with Gasteiger partial charge in [0.1, 0.15) is 0 Å². The van der Waals surface area contributed by atoms with Crippen molar-refractivity contribution in [1.82, 2.24) is 0 Å². The van der Waals surface area contributed by atoms with Crippen molar-refractivity contribution >= 4 is 0 Å². The second-order valence-corrected chi connectivity index (χ2v) is 5.05. The number of hydrogen-bond donors (Lipinski definition) is 0. The minimum Gasteiger partial charge on any atom is -0.0590 e. The van der Waals surface area contributed by atoms with Gasteiger partial charge in [-0.3, -0.25) is 0 Å². The zero-order valence-corrected chi connectivity index (χ0v) is 8.87. The lowest BCUT2D eigenvalue weighted by Crippen LogP contribution is -1.91. The molecule has 0 bridgehead atoms. The summed E-state index contributed by atoms with van der Waals surface area (Å²) in [6, 6.07) is 9.22. The Hall–Kier alpha value is -0.780. The molecule has 2 fully saturated rings. The van der Waals surface area contributed by atoms with Crippen LogP contribution in [-0.2, 0) is 0 Å². The van der Waals surface area contributed by atoms with E-state index in [1.54, 1.807) is 5.56 Å². The summed E-state index contributed by atoms with van der Waals surface area (Å²) in [5.74, 6) is 3.02. The molecule has 14 heavy (non-hydrogen) atoms. The summed E-state index contributed by atoms with van der Waals surface area (Å²) in [5.41, 5.74) is 2.99. The van der Waals surface area contributed by atoms with Gasteiger partial charge in [0.15, 0.2) is 0 Å². The molecule has 1 aromatic rings. The van der Waals surface area contributed by atoms with E-state index in [1.165, 1.54) is 31.2 Å². The molecule has 0 nitrogen and oxygen atoms in total. The van der Waals surface area contributed by atoms with Gasteiger partial charge >= 0.3 is 0 Å². The second kappa shape index (κ2) is 3.12. The summed E-state index contributed by atoms with van der Waals surface area (Å²) in [6.45, 7) is 2.17. The molecule has 0 heterocycles. The molecule has 1 aromatic carbocycles. The van der Waals surface area contributed by atoms with E-state index in [1.807, 2.05) is 0 Å². The van der Waals surface area contributed by atoms with E-state index in [0.717, 1.165) is 17.8 Å². The fraction of sp³-hybridized carbons (Fsp3) is 0.571. The molecule has 0 spiro atoms. The summed E-state index contributed by atoms with van der Waals surface area (Å²) in [5, 5.41) is 0. The normalized spacial score (nSPS) is 35.1. The Labute approximate surface area is 86.3 Å². The Kier molecular flexibility index (Phi) is 1.90. The van der Waals surface area contributed by atoms with Crippen molar-refractivity contribution in [3.63, 3.8) is 0 Å². The van der Waals surface area contributed by atoms with E-state index in [4.69, 9.17) is 0 Å². The van der Waals surface area contributed by atoms with Crippen LogP contribution in [0.1, 0.15) is 42.7 Å². The van der Waals surface area contributed by atoms with E-state index in [2.05, 4.69) is 31.2 Å². The fourth-order valence-electron chi connectivity index (χ4n) is 3.28. The minimum absolute atomic E-state index is 0.929. The highest BCUT2D eigenvalue weighted by atomic mass is 14.5. The first-order valence-corrected chi connectivity index (χ1v) is 5.93. The highest BCUT2D eigenvalue weighted by Crippen LogP contribution is 2.61. The van der Waals surface area contributed by atoms with E-state index in [0.29, 0.717) is 0 Å². The first-order chi connectivity index (χ1) is 6.86. The lowest BCUT2D eigenvalue weighted by atomic mass is 10.0. The summed E-state index contributed by atoms with van der Waals surface area (Å²) in [6.07, 6.45) is 5.93. The summed E-state index contributed by atoms with van der Waals surface area (Å²) >= 11 is 0. The van der Waals surface area contributed by atoms with Gasteiger partial charge in [-0.05, 0) is 43.1 Å². The first-order valence-electron chi connectivity index (χ1n) is 5.93. The molecule has 3 atom stereocenters. The molecule has 0 aromatic heterocycles. The molecule has 2 aliphatic rings. The van der Waals surface area contributed by atoms with Crippen LogP contribution >= 0.6 is 0 Å². The summed E-state index contributed by atoms with van der Waals surface area (Å²) in [4.78, 5) is 0. The maximum atomic E-state index is 2.35. The van der Waals surface area contributed by atoms with Gasteiger partial charge in [-0.1, -0.05) is 42.7 Å². The van der Waals surface area contributed by atoms with Gasteiger partial charge in [0.2, 0.25) is 0 Å². The van der Waals surface area contributed by atoms with Crippen LogP contribution in [0.15, 0.2) is 24.3 Å². The van der Waals surface area contributed by atoms with Gasteiger partial charge in [-0.2, -0.15) is 0 Å². The Morgan fingerprint density at radius 2 is 1.50 bits per heavy atom. The lowest BCUT2D eigenvalue weighted by Gasteiger charge is -2.04. The third-order valence-corrected chi connectivity index (χ3v) is 4.12. The van der Waals surface area contributed by atoms with Gasteiger partial charge in [0.05, 0.1) is 0 Å². The predicted octanol–water partition coefficient (Wildman–Crippen LogP) is 3.90. The highest BCUT2D eigenvalue weighted by molar-refractivity contribution is 5.31. The summed E-state index contributed by atoms with van der Waals surface area (Å²) < 4.78 is 0. The molecule has 2 saturated carbocycles. The van der Waals surface area contributed by atoms with Gasteiger partial charge < -0.3 is 0 Å². The average Bonchev–Trinajstić information content (AvgIpc) is 2.93. The Bertz CT molecular complexity index is 310. The van der Waals surface area contributed by atoms with Crippen molar-refractivity contribution in [3.8, 4) is 0 Å². The minimum atomic E-state index is 0.929. The quantitative estimate of drug-likeness (QED) is 0.624. The smallest absolute Gasteiger partial charge is 0.00995 e. The van der Waals surface area contributed by atoms with Crippen molar-refractivity contribution in [2.24, 2.45) is 11.8 Å². The van der Waals surface area contributed by atoms with Crippen LogP contribution < -0.4 is 0 Å². The molecular weight excluding hydrogens is 168 g/mol. The van der Waals surface area contributed by atoms with Crippen molar-refractivity contribution < 1.29 is 0 Å². The second-order valence-electron chi connectivity index (χ2n) is 5.05. The van der Waals surface area contributed by atoms with Crippen LogP contribution in [-0.4, -0.2) is 0 Å². The molecular formula is C14H18. The average molecular weight is 186 g/mol. The van der Waals surface area contributed by atoms with Gasteiger partial charge in [0.25, 0.3) is 0 Å². The third-order valence-electron chi connectivity index (χ3n) is 4.12. The maximum Gasteiger partial charge on any atom is -0.00995 e. The zero-order chi connectivity index (χ0) is 9.54. The molecule has 0 N–H and O–H groups in total. The molecule has 0 saturated heterocycles. The number of rotatable bonds is 1. The first kappa shape index (κ1) is 8.52. The number of aryl methyl sites for hydroxylation is 1. The zero-order valence-electron chi connectivity index (χ0n) is 8.87. The van der Waals surface area contributed by atoms with Crippen LogP contribution in [0.3, 0.4) is 0 Å². The van der Waals surface area contributed by atoms with Gasteiger partial charge in [-0.15, -0.1) is 0 Å². The van der Waals surface area contributed by atoms with Crippen molar-refractivity contribution in [3.05, 3.63) is 35.4 Å². The van der Waals surface area contributed by atoms with Crippen LogP contribution in [0.4, 0.5) is 0 Å². The molecule has 3 rings (SSSR count). The topological polar surface area (TPSA) is 0 Å². The van der Waals surface area contributed by atoms with Crippen LogP contribution in [0, 0.1) is 18.8 Å². The molecule has 0 amide bonds. The van der Waals surface area contributed by atoms with Crippen LogP contribution in [0.5, 0.6) is 0 Å². The summed E-state index contributed by atoms with van der Waals surface area (Å²) in [7, 11) is 0. The van der Waals surface area contributed by atoms with E-state index in [9.17, 15) is 0 Å².